The molecule has 0 N–H and O–H groups in total. The van der Waals surface area contributed by atoms with Crippen molar-refractivity contribution in [2.75, 3.05) is 19.6 Å². The van der Waals surface area contributed by atoms with Crippen molar-refractivity contribution in [2.45, 2.75) is 46.1 Å². The van der Waals surface area contributed by atoms with E-state index in [1.165, 1.54) is 56.0 Å². The highest BCUT2D eigenvalue weighted by molar-refractivity contribution is 5.59. The van der Waals surface area contributed by atoms with E-state index in [0.29, 0.717) is 5.41 Å². The van der Waals surface area contributed by atoms with Gasteiger partial charge in [-0.3, -0.25) is 0 Å². The van der Waals surface area contributed by atoms with Crippen molar-refractivity contribution in [1.29, 1.82) is 0 Å². The molecule has 4 rings (SSSR count). The van der Waals surface area contributed by atoms with Crippen LogP contribution in [0.1, 0.15) is 38.9 Å². The summed E-state index contributed by atoms with van der Waals surface area (Å²) in [4.78, 5) is 7.38. The Bertz CT molecular complexity index is 678. The van der Waals surface area contributed by atoms with Gasteiger partial charge in [-0.15, -0.1) is 0 Å². The van der Waals surface area contributed by atoms with Crippen LogP contribution in [0.25, 0.3) is 11.3 Å². The lowest BCUT2D eigenvalue weighted by Gasteiger charge is -2.45. The predicted octanol–water partition coefficient (Wildman–Crippen LogP) is 4.23. The van der Waals surface area contributed by atoms with Crippen LogP contribution in [0.15, 0.2) is 36.5 Å². The van der Waals surface area contributed by atoms with Gasteiger partial charge in [-0.2, -0.15) is 0 Å². The van der Waals surface area contributed by atoms with Crippen molar-refractivity contribution >= 4 is 0 Å². The lowest BCUT2D eigenvalue weighted by Crippen LogP contribution is -2.45. The first-order valence-electron chi connectivity index (χ1n) is 9.47. The molecule has 0 aliphatic carbocycles. The van der Waals surface area contributed by atoms with Gasteiger partial charge in [0.05, 0.1) is 11.9 Å². The first-order chi connectivity index (χ1) is 11.7. The fraction of sp³-hybridized carbons (Fsp3) is 0.571. The molecule has 1 fully saturated rings. The highest BCUT2D eigenvalue weighted by Gasteiger charge is 2.38. The number of nitrogens with zero attached hydrogens (tertiary/aromatic N) is 3. The molecule has 128 valence electrons. The standard InChI is InChI=1S/C21H29N3/c1-17(2)15-23-12-10-21(11-13-23)9-8-20-22-14-19(24(20)16-21)18-6-4-3-5-7-18/h3-7,14,17H,8-13,15-16H2,1-2H3. The molecule has 1 aromatic heterocycles. The molecule has 2 aromatic rings. The Balaban J connectivity index is 1.53. The summed E-state index contributed by atoms with van der Waals surface area (Å²) in [6, 6.07) is 10.7. The number of hydrogen-bond acceptors (Lipinski definition) is 2. The maximum Gasteiger partial charge on any atom is 0.109 e. The molecule has 24 heavy (non-hydrogen) atoms. The summed E-state index contributed by atoms with van der Waals surface area (Å²) in [5.74, 6) is 2.06. The minimum atomic E-state index is 0.491. The second-order valence-electron chi connectivity index (χ2n) is 8.21. The number of likely N-dealkylation sites (tertiary alicyclic amines) is 1. The normalized spacial score (nSPS) is 20.5. The van der Waals surface area contributed by atoms with Crippen molar-refractivity contribution < 1.29 is 0 Å². The van der Waals surface area contributed by atoms with E-state index in [1.54, 1.807) is 0 Å². The Labute approximate surface area is 145 Å². The summed E-state index contributed by atoms with van der Waals surface area (Å²) in [7, 11) is 0. The van der Waals surface area contributed by atoms with Gasteiger partial charge >= 0.3 is 0 Å². The van der Waals surface area contributed by atoms with Crippen LogP contribution < -0.4 is 0 Å². The molecule has 1 aromatic carbocycles. The fourth-order valence-corrected chi connectivity index (χ4v) is 4.56. The zero-order valence-electron chi connectivity index (χ0n) is 15.0. The van der Waals surface area contributed by atoms with E-state index in [1.807, 2.05) is 0 Å². The van der Waals surface area contributed by atoms with E-state index in [4.69, 9.17) is 4.98 Å². The summed E-state index contributed by atoms with van der Waals surface area (Å²) in [6.07, 6.45) is 7.21. The monoisotopic (exact) mass is 323 g/mol. The van der Waals surface area contributed by atoms with E-state index >= 15 is 0 Å². The van der Waals surface area contributed by atoms with Gasteiger partial charge in [0, 0.05) is 19.5 Å². The molecule has 2 aliphatic heterocycles. The van der Waals surface area contributed by atoms with Crippen LogP contribution in [0.5, 0.6) is 0 Å². The lowest BCUT2D eigenvalue weighted by atomic mass is 9.73. The average Bonchev–Trinajstić information content (AvgIpc) is 3.00. The Hall–Kier alpha value is -1.61. The molecule has 0 atom stereocenters. The zero-order valence-corrected chi connectivity index (χ0v) is 15.0. The summed E-state index contributed by atoms with van der Waals surface area (Å²) in [6.45, 7) is 9.60. The summed E-state index contributed by atoms with van der Waals surface area (Å²) in [5.41, 5.74) is 3.09. The van der Waals surface area contributed by atoms with E-state index < -0.39 is 0 Å². The molecule has 3 nitrogen and oxygen atoms in total. The van der Waals surface area contributed by atoms with E-state index in [9.17, 15) is 0 Å². The second-order valence-corrected chi connectivity index (χ2v) is 8.21. The molecule has 3 heteroatoms. The Morgan fingerprint density at radius 3 is 2.54 bits per heavy atom. The van der Waals surface area contributed by atoms with Crippen LogP contribution >= 0.6 is 0 Å². The number of hydrogen-bond donors (Lipinski definition) is 0. The van der Waals surface area contributed by atoms with Gasteiger partial charge in [-0.1, -0.05) is 44.2 Å². The van der Waals surface area contributed by atoms with Crippen molar-refractivity contribution in [3.05, 3.63) is 42.4 Å². The Kier molecular flexibility index (Phi) is 4.21. The van der Waals surface area contributed by atoms with Crippen LogP contribution in [0, 0.1) is 11.3 Å². The first-order valence-corrected chi connectivity index (χ1v) is 9.47. The molecule has 0 radical (unpaired) electrons. The number of imidazole rings is 1. The van der Waals surface area contributed by atoms with Crippen LogP contribution in [0.2, 0.25) is 0 Å². The molecule has 1 saturated heterocycles. The van der Waals surface area contributed by atoms with E-state index in [0.717, 1.165) is 18.9 Å². The maximum atomic E-state index is 4.72. The first kappa shape index (κ1) is 15.9. The number of piperidine rings is 1. The molecular formula is C21H29N3. The minimum Gasteiger partial charge on any atom is -0.327 e. The van der Waals surface area contributed by atoms with Gasteiger partial charge < -0.3 is 9.47 Å². The van der Waals surface area contributed by atoms with Crippen molar-refractivity contribution in [2.24, 2.45) is 11.3 Å². The molecule has 0 amide bonds. The maximum absolute atomic E-state index is 4.72. The van der Waals surface area contributed by atoms with Gasteiger partial charge in [0.1, 0.15) is 5.82 Å². The van der Waals surface area contributed by atoms with Gasteiger partial charge in [0.15, 0.2) is 0 Å². The number of benzene rings is 1. The van der Waals surface area contributed by atoms with Gasteiger partial charge in [0.25, 0.3) is 0 Å². The molecular weight excluding hydrogens is 294 g/mol. The third kappa shape index (κ3) is 3.02. The van der Waals surface area contributed by atoms with Crippen molar-refractivity contribution in [1.82, 2.24) is 14.5 Å². The summed E-state index contributed by atoms with van der Waals surface area (Å²) < 4.78 is 2.51. The molecule has 1 spiro atoms. The third-order valence-corrected chi connectivity index (χ3v) is 5.92. The van der Waals surface area contributed by atoms with Gasteiger partial charge in [0.2, 0.25) is 0 Å². The zero-order chi connectivity index (χ0) is 16.6. The van der Waals surface area contributed by atoms with Crippen LogP contribution in [0.4, 0.5) is 0 Å². The predicted molar refractivity (Wildman–Crippen MR) is 98.9 cm³/mol. The molecule has 0 unspecified atom stereocenters. The quantitative estimate of drug-likeness (QED) is 0.842. The topological polar surface area (TPSA) is 21.1 Å². The number of aromatic nitrogens is 2. The van der Waals surface area contributed by atoms with Crippen molar-refractivity contribution in [3.63, 3.8) is 0 Å². The van der Waals surface area contributed by atoms with E-state index in [-0.39, 0.29) is 0 Å². The minimum absolute atomic E-state index is 0.491. The van der Waals surface area contributed by atoms with Gasteiger partial charge in [-0.25, -0.2) is 4.98 Å². The fourth-order valence-electron chi connectivity index (χ4n) is 4.56. The SMILES string of the molecule is CC(C)CN1CCC2(CCc3ncc(-c4ccccc4)n3C2)CC1. The third-order valence-electron chi connectivity index (χ3n) is 5.92. The molecule has 0 saturated carbocycles. The molecule has 2 aliphatic rings. The number of rotatable bonds is 3. The van der Waals surface area contributed by atoms with Crippen molar-refractivity contribution in [3.8, 4) is 11.3 Å². The van der Waals surface area contributed by atoms with Crippen LogP contribution in [0.3, 0.4) is 0 Å². The Morgan fingerprint density at radius 1 is 1.08 bits per heavy atom. The smallest absolute Gasteiger partial charge is 0.109 e. The Morgan fingerprint density at radius 2 is 1.83 bits per heavy atom. The molecule has 0 bridgehead atoms. The highest BCUT2D eigenvalue weighted by Crippen LogP contribution is 2.42. The lowest BCUT2D eigenvalue weighted by molar-refractivity contribution is 0.0623. The van der Waals surface area contributed by atoms with Crippen LogP contribution in [-0.4, -0.2) is 34.1 Å². The largest absolute Gasteiger partial charge is 0.327 e. The highest BCUT2D eigenvalue weighted by atomic mass is 15.1. The van der Waals surface area contributed by atoms with E-state index in [2.05, 4.69) is 59.8 Å². The van der Waals surface area contributed by atoms with Gasteiger partial charge in [-0.05, 0) is 49.2 Å². The summed E-state index contributed by atoms with van der Waals surface area (Å²) in [5, 5.41) is 0. The van der Waals surface area contributed by atoms with Crippen LogP contribution in [-0.2, 0) is 13.0 Å². The number of fused-ring (bicyclic) bond motifs is 1. The average molecular weight is 323 g/mol. The number of aryl methyl sites for hydroxylation is 1. The second kappa shape index (κ2) is 6.36. The molecule has 3 heterocycles. The summed E-state index contributed by atoms with van der Waals surface area (Å²) >= 11 is 0.